The van der Waals surface area contributed by atoms with Gasteiger partial charge < -0.3 is 0 Å². The lowest BCUT2D eigenvalue weighted by Crippen LogP contribution is -2.62. The van der Waals surface area contributed by atoms with Gasteiger partial charge >= 0.3 is 0 Å². The summed E-state index contributed by atoms with van der Waals surface area (Å²) in [6, 6.07) is 0. The molecule has 0 heteroatoms. The second-order valence-electron chi connectivity index (χ2n) is 14.3. The quantitative estimate of drug-likeness (QED) is 0.376. The molecule has 0 aliphatic heterocycles. The Labute approximate surface area is 199 Å². The van der Waals surface area contributed by atoms with Gasteiger partial charge in [-0.15, -0.1) is 0 Å². The first-order chi connectivity index (χ1) is 15.4. The fourth-order valence-electron chi connectivity index (χ4n) is 11.9. The molecule has 6 fully saturated rings. The summed E-state index contributed by atoms with van der Waals surface area (Å²) < 4.78 is 0. The molecule has 0 aromatic heterocycles. The van der Waals surface area contributed by atoms with Gasteiger partial charge in [-0.25, -0.2) is 0 Å². The Balaban J connectivity index is 1.37. The molecule has 0 bridgehead atoms. The van der Waals surface area contributed by atoms with E-state index in [1.54, 1.807) is 89.0 Å². The number of hydrogen-bond acceptors (Lipinski definition) is 0. The molecule has 2 unspecified atom stereocenters. The average molecular weight is 437 g/mol. The summed E-state index contributed by atoms with van der Waals surface area (Å²) in [7, 11) is 0. The second kappa shape index (κ2) is 7.62. The molecule has 0 N–H and O–H groups in total. The highest BCUT2D eigenvalue weighted by Crippen LogP contribution is 2.80. The van der Waals surface area contributed by atoms with Crippen LogP contribution >= 0.6 is 0 Å². The van der Waals surface area contributed by atoms with Crippen molar-refractivity contribution in [1.82, 2.24) is 0 Å². The number of fused-ring (bicyclic) bond motifs is 5. The van der Waals surface area contributed by atoms with E-state index in [1.807, 2.05) is 0 Å². The van der Waals surface area contributed by atoms with Crippen LogP contribution in [0, 0.1) is 51.2 Å². The lowest BCUT2D eigenvalue weighted by molar-refractivity contribution is -0.206. The zero-order chi connectivity index (χ0) is 22.2. The van der Waals surface area contributed by atoms with Crippen LogP contribution < -0.4 is 0 Å². The molecule has 0 amide bonds. The van der Waals surface area contributed by atoms with E-state index in [9.17, 15) is 0 Å². The van der Waals surface area contributed by atoms with Gasteiger partial charge in [-0.1, -0.05) is 45.3 Å². The van der Waals surface area contributed by atoms with Crippen molar-refractivity contribution in [3.8, 4) is 0 Å². The highest BCUT2D eigenvalue weighted by atomic mass is 14.8. The first-order valence-electron chi connectivity index (χ1n) is 15.1. The fourth-order valence-corrected chi connectivity index (χ4v) is 11.9. The number of hydrogen-bond donors (Lipinski definition) is 0. The van der Waals surface area contributed by atoms with Gasteiger partial charge in [-0.3, -0.25) is 0 Å². The van der Waals surface area contributed by atoms with Crippen molar-refractivity contribution in [3.63, 3.8) is 0 Å². The summed E-state index contributed by atoms with van der Waals surface area (Å²) in [4.78, 5) is 0. The van der Waals surface area contributed by atoms with Crippen LogP contribution in [-0.2, 0) is 0 Å². The molecule has 180 valence electrons. The molecule has 6 aliphatic rings. The zero-order valence-electron chi connectivity index (χ0n) is 22.0. The average Bonchev–Trinajstić information content (AvgIpc) is 3.70. The molecule has 0 aromatic carbocycles. The Hall–Kier alpha value is -0.260. The Morgan fingerprint density at radius 1 is 0.844 bits per heavy atom. The lowest BCUT2D eigenvalue weighted by Gasteiger charge is -2.70. The van der Waals surface area contributed by atoms with Gasteiger partial charge in [0.25, 0.3) is 0 Å². The Bertz CT molecular complexity index is 752. The van der Waals surface area contributed by atoms with Crippen molar-refractivity contribution in [2.45, 2.75) is 137 Å². The van der Waals surface area contributed by atoms with E-state index in [-0.39, 0.29) is 0 Å². The molecule has 0 nitrogen and oxygen atoms in total. The van der Waals surface area contributed by atoms with Crippen molar-refractivity contribution in [3.05, 3.63) is 11.6 Å². The summed E-state index contributed by atoms with van der Waals surface area (Å²) in [6.45, 7) is 10.1. The topological polar surface area (TPSA) is 0 Å². The summed E-state index contributed by atoms with van der Waals surface area (Å²) in [5, 5.41) is 0. The van der Waals surface area contributed by atoms with E-state index < -0.39 is 0 Å². The van der Waals surface area contributed by atoms with Crippen LogP contribution in [0.4, 0.5) is 0 Å². The monoisotopic (exact) mass is 436 g/mol. The second-order valence-corrected chi connectivity index (χ2v) is 14.3. The Kier molecular flexibility index (Phi) is 5.29. The first kappa shape index (κ1) is 22.2. The summed E-state index contributed by atoms with van der Waals surface area (Å²) in [5.41, 5.74) is 4.65. The van der Waals surface area contributed by atoms with Crippen molar-refractivity contribution in [2.75, 3.05) is 0 Å². The molecule has 0 radical (unpaired) electrons. The van der Waals surface area contributed by atoms with Crippen molar-refractivity contribution >= 4 is 0 Å². The van der Waals surface area contributed by atoms with Crippen LogP contribution in [0.15, 0.2) is 11.6 Å². The molecule has 6 rings (SSSR count). The van der Waals surface area contributed by atoms with E-state index in [0.717, 1.165) is 45.8 Å². The smallest absolute Gasteiger partial charge is 0.0149 e. The molecular weight excluding hydrogens is 384 g/mol. The Morgan fingerprint density at radius 3 is 2.31 bits per heavy atom. The van der Waals surface area contributed by atoms with Gasteiger partial charge in [0.2, 0.25) is 0 Å². The van der Waals surface area contributed by atoms with E-state index in [0.29, 0.717) is 5.41 Å². The van der Waals surface area contributed by atoms with Gasteiger partial charge in [-0.2, -0.15) is 0 Å². The number of rotatable bonds is 5. The molecule has 6 aliphatic carbocycles. The van der Waals surface area contributed by atoms with Gasteiger partial charge in [0, 0.05) is 0 Å². The summed E-state index contributed by atoms with van der Waals surface area (Å²) in [5.74, 6) is 5.15. The predicted octanol–water partition coefficient (Wildman–Crippen LogP) is 9.73. The van der Waals surface area contributed by atoms with Crippen molar-refractivity contribution in [1.29, 1.82) is 0 Å². The maximum absolute atomic E-state index is 2.77. The van der Waals surface area contributed by atoms with Gasteiger partial charge in [-0.05, 0) is 154 Å². The highest BCUT2D eigenvalue weighted by molar-refractivity contribution is 5.22. The van der Waals surface area contributed by atoms with Crippen LogP contribution in [0.1, 0.15) is 137 Å². The molecule has 7 atom stereocenters. The van der Waals surface area contributed by atoms with Gasteiger partial charge in [0.05, 0.1) is 0 Å². The van der Waals surface area contributed by atoms with Crippen molar-refractivity contribution < 1.29 is 0 Å². The molecule has 0 heterocycles. The first-order valence-corrected chi connectivity index (χ1v) is 15.1. The molecule has 1 spiro atoms. The van der Waals surface area contributed by atoms with Crippen LogP contribution in [0.5, 0.6) is 0 Å². The van der Waals surface area contributed by atoms with Crippen molar-refractivity contribution in [2.24, 2.45) is 51.2 Å². The van der Waals surface area contributed by atoms with E-state index in [2.05, 4.69) is 33.8 Å². The summed E-state index contributed by atoms with van der Waals surface area (Å²) in [6.07, 6.45) is 28.9. The van der Waals surface area contributed by atoms with Gasteiger partial charge in [0.15, 0.2) is 0 Å². The summed E-state index contributed by atoms with van der Waals surface area (Å²) >= 11 is 0. The fraction of sp³-hybridized carbons (Fsp3) is 0.938. The number of allylic oxidation sites excluding steroid dienone is 2. The molecule has 6 saturated carbocycles. The molecule has 0 saturated heterocycles. The molecule has 32 heavy (non-hydrogen) atoms. The molecule has 0 aromatic rings. The van der Waals surface area contributed by atoms with Crippen LogP contribution in [-0.4, -0.2) is 0 Å². The van der Waals surface area contributed by atoms with Crippen LogP contribution in [0.2, 0.25) is 0 Å². The maximum Gasteiger partial charge on any atom is -0.0149 e. The lowest BCUT2D eigenvalue weighted by atomic mass is 9.35. The van der Waals surface area contributed by atoms with E-state index >= 15 is 0 Å². The Morgan fingerprint density at radius 2 is 1.62 bits per heavy atom. The van der Waals surface area contributed by atoms with E-state index in [4.69, 9.17) is 0 Å². The maximum atomic E-state index is 2.77. The van der Waals surface area contributed by atoms with E-state index in [1.165, 1.54) is 25.7 Å². The third-order valence-electron chi connectivity index (χ3n) is 13.1. The van der Waals surface area contributed by atoms with Gasteiger partial charge in [0.1, 0.15) is 0 Å². The third kappa shape index (κ3) is 2.98. The zero-order valence-corrected chi connectivity index (χ0v) is 22.0. The standard InChI is InChI=1S/C32H52/c1-5-8-23(3)26-9-7-10-27-25-13-17-31(15-6-2)22-30(18-19-30)20-21-32(31,24-11-12-24)28(25)14-16-29(26,27)4/h8,24-28H,5-7,9-22H2,1-4H3/b23-8+/t25-,26+,27?,28?,29+,31+,32-/m0/s1. The third-order valence-corrected chi connectivity index (χ3v) is 13.1. The normalized spacial score (nSPS) is 49.8. The predicted molar refractivity (Wildman–Crippen MR) is 136 cm³/mol. The van der Waals surface area contributed by atoms with Crippen LogP contribution in [0.3, 0.4) is 0 Å². The molecular formula is C32H52. The SMILES string of the molecule is CC/C=C(\C)[C@H]1CCCC2[C@@H]3CC[C@]4(CCC)CC5(CC5)CC[C@]4(C4CC4)C3CC[C@@]21C. The minimum Gasteiger partial charge on any atom is -0.0856 e. The largest absolute Gasteiger partial charge is 0.0856 e. The highest BCUT2D eigenvalue weighted by Gasteiger charge is 2.71. The minimum absolute atomic E-state index is 0.594. The minimum atomic E-state index is 0.594. The van der Waals surface area contributed by atoms with Crippen LogP contribution in [0.25, 0.3) is 0 Å².